The summed E-state index contributed by atoms with van der Waals surface area (Å²) in [6.45, 7) is 6.28. The number of carbonyl (C=O) groups excluding carboxylic acids is 3. The average molecular weight is 965 g/mol. The summed E-state index contributed by atoms with van der Waals surface area (Å²) >= 11 is 0. The highest BCUT2D eigenvalue weighted by molar-refractivity contribution is 5.71. The highest BCUT2D eigenvalue weighted by Crippen LogP contribution is 2.12. The van der Waals surface area contributed by atoms with Gasteiger partial charge in [0.25, 0.3) is 0 Å². The third kappa shape index (κ3) is 54.2. The predicted octanol–water partition coefficient (Wildman–Crippen LogP) is 18.8. The average Bonchev–Trinajstić information content (AvgIpc) is 3.36. The molecule has 0 amide bonds. The topological polar surface area (TPSA) is 78.9 Å². The normalized spacial score (nSPS) is 13.2. The molecule has 0 radical (unpaired) electrons. The van der Waals surface area contributed by atoms with Gasteiger partial charge in [0.05, 0.1) is 0 Å². The zero-order valence-electron chi connectivity index (χ0n) is 44.7. The molecule has 0 N–H and O–H groups in total. The van der Waals surface area contributed by atoms with Gasteiger partial charge in [-0.05, 0) is 122 Å². The first kappa shape index (κ1) is 65.3. The maximum absolute atomic E-state index is 12.8. The van der Waals surface area contributed by atoms with E-state index in [1.165, 1.54) is 19.3 Å². The lowest BCUT2D eigenvalue weighted by atomic mass is 10.1. The van der Waals surface area contributed by atoms with Crippen molar-refractivity contribution in [3.8, 4) is 0 Å². The minimum Gasteiger partial charge on any atom is -0.462 e. The van der Waals surface area contributed by atoms with Crippen molar-refractivity contribution in [1.29, 1.82) is 0 Å². The summed E-state index contributed by atoms with van der Waals surface area (Å²) in [6, 6.07) is 0. The van der Waals surface area contributed by atoms with Crippen LogP contribution in [0.15, 0.2) is 146 Å². The van der Waals surface area contributed by atoms with Crippen molar-refractivity contribution in [2.45, 2.75) is 226 Å². The van der Waals surface area contributed by atoms with Crippen molar-refractivity contribution in [2.24, 2.45) is 0 Å². The molecule has 392 valence electrons. The standard InChI is InChI=1S/C64H100O6/c1-4-7-10-13-16-18-20-22-24-26-28-29-30-31-32-33-34-35-37-38-40-42-44-46-48-51-54-57-63(66)69-60-61(59-68-62(65)56-53-50-15-12-9-6-3)70-64(67)58-55-52-49-47-45-43-41-39-36-27-25-23-21-19-17-14-11-8-5-2/h7-8,10-11,16-19,22-25,28-29,31-32,34-36,38-40,43,45,61H,4-6,9,12-15,20-21,26-27,30,33,37,41-42,44,46-60H2,1-3H3/b10-7-,11-8-,18-16-,19-17-,24-22-,25-23-,29-28-,32-31-,35-34-,39-36-,40-38-,45-43-. The van der Waals surface area contributed by atoms with Crippen molar-refractivity contribution in [1.82, 2.24) is 0 Å². The summed E-state index contributed by atoms with van der Waals surface area (Å²) in [4.78, 5) is 37.8. The molecule has 1 unspecified atom stereocenters. The minimum atomic E-state index is -0.807. The molecule has 0 heterocycles. The van der Waals surface area contributed by atoms with Crippen LogP contribution in [-0.4, -0.2) is 37.2 Å². The van der Waals surface area contributed by atoms with E-state index >= 15 is 0 Å². The molecular weight excluding hydrogens is 865 g/mol. The van der Waals surface area contributed by atoms with Crippen LogP contribution in [0.5, 0.6) is 0 Å². The van der Waals surface area contributed by atoms with Gasteiger partial charge in [-0.2, -0.15) is 0 Å². The van der Waals surface area contributed by atoms with E-state index in [0.717, 1.165) is 154 Å². The van der Waals surface area contributed by atoms with Gasteiger partial charge in [-0.1, -0.05) is 224 Å². The lowest BCUT2D eigenvalue weighted by Crippen LogP contribution is -2.30. The first-order valence-electron chi connectivity index (χ1n) is 27.8. The molecule has 70 heavy (non-hydrogen) atoms. The monoisotopic (exact) mass is 965 g/mol. The Morgan fingerprint density at radius 1 is 0.300 bits per heavy atom. The first-order chi connectivity index (χ1) is 34.5. The quantitative estimate of drug-likeness (QED) is 0.0262. The molecule has 0 rings (SSSR count). The molecule has 0 aliphatic carbocycles. The Balaban J connectivity index is 4.30. The van der Waals surface area contributed by atoms with Gasteiger partial charge in [0.2, 0.25) is 0 Å². The highest BCUT2D eigenvalue weighted by atomic mass is 16.6. The van der Waals surface area contributed by atoms with E-state index in [2.05, 4.69) is 167 Å². The third-order valence-corrected chi connectivity index (χ3v) is 11.1. The fraction of sp³-hybridized carbons (Fsp3) is 0.578. The Morgan fingerprint density at radius 3 is 0.886 bits per heavy atom. The van der Waals surface area contributed by atoms with Gasteiger partial charge in [-0.3, -0.25) is 14.4 Å². The van der Waals surface area contributed by atoms with Crippen LogP contribution in [0, 0.1) is 0 Å². The second kappa shape index (κ2) is 56.9. The molecule has 0 aromatic carbocycles. The Hall–Kier alpha value is -4.71. The molecule has 0 saturated heterocycles. The van der Waals surface area contributed by atoms with E-state index in [4.69, 9.17) is 14.2 Å². The van der Waals surface area contributed by atoms with Gasteiger partial charge in [-0.15, -0.1) is 0 Å². The molecule has 0 aliphatic heterocycles. The van der Waals surface area contributed by atoms with Crippen LogP contribution in [0.4, 0.5) is 0 Å². The summed E-state index contributed by atoms with van der Waals surface area (Å²) < 4.78 is 16.7. The number of hydrogen-bond acceptors (Lipinski definition) is 6. The smallest absolute Gasteiger partial charge is 0.306 e. The Morgan fingerprint density at radius 2 is 0.557 bits per heavy atom. The van der Waals surface area contributed by atoms with Crippen LogP contribution in [0.2, 0.25) is 0 Å². The zero-order chi connectivity index (χ0) is 50.7. The molecule has 0 aliphatic rings. The fourth-order valence-electron chi connectivity index (χ4n) is 6.98. The number of ether oxygens (including phenoxy) is 3. The minimum absolute atomic E-state index is 0.104. The maximum atomic E-state index is 12.8. The summed E-state index contributed by atoms with van der Waals surface area (Å²) in [5.74, 6) is -0.975. The van der Waals surface area contributed by atoms with Crippen LogP contribution in [0.3, 0.4) is 0 Å². The van der Waals surface area contributed by atoms with Crippen LogP contribution in [0.1, 0.15) is 220 Å². The first-order valence-corrected chi connectivity index (χ1v) is 27.8. The van der Waals surface area contributed by atoms with Gasteiger partial charge < -0.3 is 14.2 Å². The molecule has 0 bridgehead atoms. The number of esters is 3. The number of rotatable bonds is 48. The van der Waals surface area contributed by atoms with Gasteiger partial charge >= 0.3 is 17.9 Å². The summed E-state index contributed by atoms with van der Waals surface area (Å²) in [5.41, 5.74) is 0. The number of carbonyl (C=O) groups is 3. The van der Waals surface area contributed by atoms with E-state index in [1.54, 1.807) is 0 Å². The Labute approximate surface area is 429 Å². The lowest BCUT2D eigenvalue weighted by molar-refractivity contribution is -0.167. The molecule has 0 aromatic heterocycles. The van der Waals surface area contributed by atoms with Crippen molar-refractivity contribution >= 4 is 17.9 Å². The molecule has 0 saturated carbocycles. The lowest BCUT2D eigenvalue weighted by Gasteiger charge is -2.18. The number of hydrogen-bond donors (Lipinski definition) is 0. The Bertz CT molecular complexity index is 1580. The second-order valence-corrected chi connectivity index (χ2v) is 17.7. The van der Waals surface area contributed by atoms with E-state index in [1.807, 2.05) is 0 Å². The fourth-order valence-corrected chi connectivity index (χ4v) is 6.98. The van der Waals surface area contributed by atoms with Crippen molar-refractivity contribution < 1.29 is 28.6 Å². The van der Waals surface area contributed by atoms with E-state index in [-0.39, 0.29) is 37.5 Å². The maximum Gasteiger partial charge on any atom is 0.306 e. The highest BCUT2D eigenvalue weighted by Gasteiger charge is 2.19. The number of allylic oxidation sites excluding steroid dienone is 24. The van der Waals surface area contributed by atoms with Crippen molar-refractivity contribution in [2.75, 3.05) is 13.2 Å². The van der Waals surface area contributed by atoms with E-state index < -0.39 is 6.10 Å². The molecular formula is C64H100O6. The SMILES string of the molecule is CC/C=C\C/C=C\C/C=C\C/C=C\C/C=C\C/C=C\C/C=C\CCCCCCCC(=O)OCC(COC(=O)CCCCCCCC)OC(=O)CCCCC/C=C\C/C=C\C/C=C\C/C=C\C/C=C\CC. The summed E-state index contributed by atoms with van der Waals surface area (Å²) in [6.07, 6.45) is 81.5. The van der Waals surface area contributed by atoms with Crippen LogP contribution < -0.4 is 0 Å². The van der Waals surface area contributed by atoms with Gasteiger partial charge in [0, 0.05) is 19.3 Å². The predicted molar refractivity (Wildman–Crippen MR) is 302 cm³/mol. The Kier molecular flexibility index (Phi) is 53.0. The van der Waals surface area contributed by atoms with Gasteiger partial charge in [0.15, 0.2) is 6.10 Å². The van der Waals surface area contributed by atoms with Gasteiger partial charge in [-0.25, -0.2) is 0 Å². The molecule has 1 atom stereocenters. The molecule has 0 fully saturated rings. The van der Waals surface area contributed by atoms with Crippen LogP contribution in [0.25, 0.3) is 0 Å². The molecule has 0 spiro atoms. The van der Waals surface area contributed by atoms with E-state index in [9.17, 15) is 14.4 Å². The number of unbranched alkanes of at least 4 members (excludes halogenated alkanes) is 13. The summed E-state index contributed by atoms with van der Waals surface area (Å²) in [7, 11) is 0. The van der Waals surface area contributed by atoms with Crippen LogP contribution >= 0.6 is 0 Å². The summed E-state index contributed by atoms with van der Waals surface area (Å²) in [5, 5.41) is 0. The second-order valence-electron chi connectivity index (χ2n) is 17.7. The zero-order valence-corrected chi connectivity index (χ0v) is 44.7. The third-order valence-electron chi connectivity index (χ3n) is 11.1. The largest absolute Gasteiger partial charge is 0.462 e. The van der Waals surface area contributed by atoms with E-state index in [0.29, 0.717) is 19.3 Å². The van der Waals surface area contributed by atoms with Gasteiger partial charge in [0.1, 0.15) is 13.2 Å². The van der Waals surface area contributed by atoms with Crippen LogP contribution in [-0.2, 0) is 28.6 Å². The van der Waals surface area contributed by atoms with Crippen molar-refractivity contribution in [3.05, 3.63) is 146 Å². The molecule has 6 nitrogen and oxygen atoms in total. The molecule has 6 heteroatoms. The molecule has 0 aromatic rings. The van der Waals surface area contributed by atoms with Crippen molar-refractivity contribution in [3.63, 3.8) is 0 Å².